The number of hydrogen-bond donors (Lipinski definition) is 1. The predicted molar refractivity (Wildman–Crippen MR) is 163 cm³/mol. The van der Waals surface area contributed by atoms with Crippen LogP contribution in [-0.2, 0) is 4.57 Å². The van der Waals surface area contributed by atoms with E-state index in [9.17, 15) is 9.67 Å². The lowest BCUT2D eigenvalue weighted by molar-refractivity contribution is 0.340. The molecule has 1 aromatic heterocycles. The molecule has 4 aromatic rings. The minimum Gasteiger partial charge on any atom is -0.502 e. The number of aromatic hydroxyl groups is 1. The lowest BCUT2D eigenvalue weighted by atomic mass is 10.0. The number of ether oxygens (including phenoxy) is 2. The zero-order valence-corrected chi connectivity index (χ0v) is 25.4. The number of phenols is 1. The van der Waals surface area contributed by atoms with Gasteiger partial charge in [0.2, 0.25) is 11.6 Å². The third-order valence-electron chi connectivity index (χ3n) is 6.13. The number of anilines is 2. The molecular formula is C27H32N3O5P3. The van der Waals surface area contributed by atoms with Gasteiger partial charge in [-0.05, 0) is 42.5 Å². The Kier molecular flexibility index (Phi) is 8.09. The lowest BCUT2D eigenvalue weighted by Crippen LogP contribution is -2.12. The van der Waals surface area contributed by atoms with Crippen molar-refractivity contribution in [2.75, 3.05) is 52.2 Å². The first kappa shape index (κ1) is 28.0. The van der Waals surface area contributed by atoms with Crippen LogP contribution in [0.1, 0.15) is 0 Å². The summed E-state index contributed by atoms with van der Waals surface area (Å²) < 4.78 is 30.5. The molecule has 11 heteroatoms. The van der Waals surface area contributed by atoms with Crippen LogP contribution in [0.25, 0.3) is 34.0 Å². The van der Waals surface area contributed by atoms with Gasteiger partial charge in [0, 0.05) is 61.6 Å². The van der Waals surface area contributed by atoms with Crippen LogP contribution in [0.15, 0.2) is 59.0 Å². The first-order chi connectivity index (χ1) is 17.9. The molecule has 8 nitrogen and oxygen atoms in total. The maximum absolute atomic E-state index is 13.4. The molecule has 3 aromatic carbocycles. The Morgan fingerprint density at radius 2 is 1.39 bits per heavy atom. The quantitative estimate of drug-likeness (QED) is 0.254. The second kappa shape index (κ2) is 11.0. The van der Waals surface area contributed by atoms with Crippen LogP contribution in [0.5, 0.6) is 17.2 Å². The SMILES string of the molecule is COc1cc(-c2nc(-c3ccc(N(C)C)cc3)c(-c3ccc(N(C)C)cc3P(=O)(P)P)o2)cc(OC)c1O. The van der Waals surface area contributed by atoms with Crippen LogP contribution in [0.3, 0.4) is 0 Å². The zero-order valence-electron chi connectivity index (χ0n) is 22.2. The Balaban J connectivity index is 2.00. The molecular weight excluding hydrogens is 539 g/mol. The Bertz CT molecular complexity index is 1490. The van der Waals surface area contributed by atoms with Crippen LogP contribution < -0.4 is 24.6 Å². The smallest absolute Gasteiger partial charge is 0.227 e. The van der Waals surface area contributed by atoms with Crippen molar-refractivity contribution in [3.8, 4) is 51.3 Å². The van der Waals surface area contributed by atoms with Crippen LogP contribution >= 0.6 is 24.4 Å². The summed E-state index contributed by atoms with van der Waals surface area (Å²) in [7, 11) is 15.7. The number of hydrogen-bond acceptors (Lipinski definition) is 8. The molecule has 1 N–H and O–H groups in total. The Labute approximate surface area is 227 Å². The van der Waals surface area contributed by atoms with Gasteiger partial charge in [-0.25, -0.2) is 4.98 Å². The molecule has 4 rings (SSSR count). The summed E-state index contributed by atoms with van der Waals surface area (Å²) in [5.74, 6) is 1.12. The average Bonchev–Trinajstić information content (AvgIpc) is 3.33. The molecule has 0 saturated carbocycles. The van der Waals surface area contributed by atoms with Gasteiger partial charge in [-0.1, -0.05) is 30.0 Å². The average molecular weight is 571 g/mol. The molecule has 0 amide bonds. The molecule has 38 heavy (non-hydrogen) atoms. The van der Waals surface area contributed by atoms with Crippen LogP contribution in [0.2, 0.25) is 0 Å². The van der Waals surface area contributed by atoms with E-state index < -0.39 is 6.52 Å². The van der Waals surface area contributed by atoms with E-state index in [2.05, 4.69) is 17.9 Å². The van der Waals surface area contributed by atoms with Gasteiger partial charge in [0.25, 0.3) is 0 Å². The van der Waals surface area contributed by atoms with E-state index >= 15 is 0 Å². The van der Waals surface area contributed by atoms with Crippen LogP contribution in [-0.4, -0.2) is 52.5 Å². The fourth-order valence-corrected chi connectivity index (χ4v) is 6.20. The molecule has 0 aliphatic carbocycles. The van der Waals surface area contributed by atoms with Crippen molar-refractivity contribution in [2.24, 2.45) is 0 Å². The first-order valence-corrected chi connectivity index (χ1v) is 16.6. The van der Waals surface area contributed by atoms with E-state index in [1.165, 1.54) is 14.2 Å². The number of phenolic OH excluding ortho intramolecular Hbond substituents is 1. The molecule has 0 saturated heterocycles. The van der Waals surface area contributed by atoms with E-state index in [0.29, 0.717) is 33.8 Å². The topological polar surface area (TPSA) is 88.3 Å². The van der Waals surface area contributed by atoms with Gasteiger partial charge < -0.3 is 33.4 Å². The van der Waals surface area contributed by atoms with Crippen molar-refractivity contribution >= 4 is 41.1 Å². The van der Waals surface area contributed by atoms with Crippen molar-refractivity contribution in [2.45, 2.75) is 0 Å². The molecule has 0 fully saturated rings. The third-order valence-corrected chi connectivity index (χ3v) is 8.92. The summed E-state index contributed by atoms with van der Waals surface area (Å²) in [5, 5.41) is 11.0. The summed E-state index contributed by atoms with van der Waals surface area (Å²) in [6, 6.07) is 17.0. The number of nitrogens with zero attached hydrogens (tertiary/aromatic N) is 3. The van der Waals surface area contributed by atoms with E-state index in [0.717, 1.165) is 16.9 Å². The van der Waals surface area contributed by atoms with Crippen molar-refractivity contribution in [3.05, 3.63) is 54.6 Å². The largest absolute Gasteiger partial charge is 0.502 e. The normalized spacial score (nSPS) is 11.4. The number of benzene rings is 3. The molecule has 0 radical (unpaired) electrons. The highest BCUT2D eigenvalue weighted by atomic mass is 32.4. The van der Waals surface area contributed by atoms with Gasteiger partial charge in [0.1, 0.15) is 12.2 Å². The summed E-state index contributed by atoms with van der Waals surface area (Å²) >= 11 is 0. The summed E-state index contributed by atoms with van der Waals surface area (Å²) in [6.07, 6.45) is 0. The molecule has 0 aliphatic heterocycles. The summed E-state index contributed by atoms with van der Waals surface area (Å²) in [4.78, 5) is 8.85. The fourth-order valence-electron chi connectivity index (χ4n) is 4.04. The fraction of sp³-hybridized carbons (Fsp3) is 0.222. The van der Waals surface area contributed by atoms with E-state index in [1.54, 1.807) is 12.1 Å². The Morgan fingerprint density at radius 1 is 0.842 bits per heavy atom. The highest BCUT2D eigenvalue weighted by Crippen LogP contribution is 2.62. The molecule has 2 atom stereocenters. The maximum atomic E-state index is 13.4. The van der Waals surface area contributed by atoms with Crippen LogP contribution in [0, 0.1) is 0 Å². The number of rotatable bonds is 8. The third kappa shape index (κ3) is 5.54. The van der Waals surface area contributed by atoms with Gasteiger partial charge in [0.05, 0.1) is 14.2 Å². The molecule has 200 valence electrons. The highest BCUT2D eigenvalue weighted by molar-refractivity contribution is 8.50. The van der Waals surface area contributed by atoms with Crippen molar-refractivity contribution in [1.82, 2.24) is 4.98 Å². The van der Waals surface area contributed by atoms with Crippen molar-refractivity contribution < 1.29 is 23.6 Å². The Morgan fingerprint density at radius 3 is 1.89 bits per heavy atom. The lowest BCUT2D eigenvalue weighted by Gasteiger charge is -2.18. The molecule has 0 bridgehead atoms. The van der Waals surface area contributed by atoms with Gasteiger partial charge >= 0.3 is 0 Å². The van der Waals surface area contributed by atoms with Gasteiger partial charge in [-0.2, -0.15) is 0 Å². The number of aromatic nitrogens is 1. The van der Waals surface area contributed by atoms with Gasteiger partial charge in [-0.15, -0.1) is 0 Å². The van der Waals surface area contributed by atoms with Crippen molar-refractivity contribution in [3.63, 3.8) is 0 Å². The first-order valence-electron chi connectivity index (χ1n) is 11.7. The predicted octanol–water partition coefficient (Wildman–Crippen LogP) is 6.10. The maximum Gasteiger partial charge on any atom is 0.227 e. The second-order valence-electron chi connectivity index (χ2n) is 9.17. The summed E-state index contributed by atoms with van der Waals surface area (Å²) in [6.45, 7) is -2.88. The van der Waals surface area contributed by atoms with Crippen LogP contribution in [0.4, 0.5) is 11.4 Å². The molecule has 1 heterocycles. The molecule has 2 unspecified atom stereocenters. The monoisotopic (exact) mass is 571 g/mol. The molecule has 0 spiro atoms. The minimum atomic E-state index is -2.88. The van der Waals surface area contributed by atoms with Gasteiger partial charge in [0.15, 0.2) is 17.3 Å². The van der Waals surface area contributed by atoms with Gasteiger partial charge in [-0.3, -0.25) is 0 Å². The van der Waals surface area contributed by atoms with E-state index in [1.807, 2.05) is 80.5 Å². The minimum absolute atomic E-state index is 0.112. The Hall–Kier alpha value is -3.04. The van der Waals surface area contributed by atoms with E-state index in [-0.39, 0.29) is 17.2 Å². The second-order valence-corrected chi connectivity index (χ2v) is 17.5. The number of methoxy groups -OCH3 is 2. The standard InChI is InChI=1S/C27H32N3O5P3/c1-29(2)18-9-7-16(8-10-18)24-26(20-12-11-19(30(3)4)15-23(20)38(32,36)37)35-27(28-24)17-13-21(33-5)25(31)22(14-17)34-6/h7-15,31H,36-37H2,1-6H3. The van der Waals surface area contributed by atoms with Crippen molar-refractivity contribution in [1.29, 1.82) is 0 Å². The zero-order chi connectivity index (χ0) is 27.8. The highest BCUT2D eigenvalue weighted by Gasteiger charge is 2.26. The molecule has 0 aliphatic rings. The van der Waals surface area contributed by atoms with E-state index in [4.69, 9.17) is 18.9 Å². The number of oxazole rings is 1. The summed E-state index contributed by atoms with van der Waals surface area (Å²) in [5.41, 5.74) is 4.62.